The molecule has 6 nitrogen and oxygen atoms in total. The molecule has 20 rings (SSSR count). The molecule has 0 aliphatic carbocycles. The van der Waals surface area contributed by atoms with E-state index in [4.69, 9.17) is 18.8 Å². The van der Waals surface area contributed by atoms with Crippen molar-refractivity contribution in [1.29, 1.82) is 0 Å². The molecule has 0 unspecified atom stereocenters. The summed E-state index contributed by atoms with van der Waals surface area (Å²) in [5.74, 6) is 1.26. The second kappa shape index (κ2) is 23.8. The van der Waals surface area contributed by atoms with Crippen LogP contribution in [-0.2, 0) is 0 Å². The highest BCUT2D eigenvalue weighted by atomic mass is 32.1. The second-order valence-corrected chi connectivity index (χ2v) is 26.9. The Labute approximate surface area is 572 Å². The first kappa shape index (κ1) is 57.0. The smallest absolute Gasteiger partial charge is 0.227 e. The van der Waals surface area contributed by atoms with Crippen LogP contribution in [0.15, 0.2) is 349 Å². The Balaban J connectivity index is 0.000000137. The third-order valence-electron chi connectivity index (χ3n) is 18.9. The van der Waals surface area contributed by atoms with Gasteiger partial charge in [-0.25, -0.2) is 9.97 Å². The van der Waals surface area contributed by atoms with E-state index < -0.39 is 0 Å². The van der Waals surface area contributed by atoms with Crippen molar-refractivity contribution in [2.45, 2.75) is 0 Å². The third kappa shape index (κ3) is 10.0. The van der Waals surface area contributed by atoms with Crippen molar-refractivity contribution < 1.29 is 8.83 Å². The first-order valence-corrected chi connectivity index (χ1v) is 34.5. The summed E-state index contributed by atoms with van der Waals surface area (Å²) < 4.78 is 18.3. The van der Waals surface area contributed by atoms with Crippen molar-refractivity contribution in [2.75, 3.05) is 9.80 Å². The molecule has 20 aromatic rings. The van der Waals surface area contributed by atoms with E-state index in [1.54, 1.807) is 0 Å². The number of fused-ring (bicyclic) bond motifs is 16. The van der Waals surface area contributed by atoms with Gasteiger partial charge in [0.2, 0.25) is 11.8 Å². The van der Waals surface area contributed by atoms with Gasteiger partial charge in [-0.2, -0.15) is 0 Å². The average molecular weight is 1290 g/mol. The number of thiophene rings is 2. The molecule has 0 bridgehead atoms. The summed E-state index contributed by atoms with van der Waals surface area (Å²) >= 11 is 3.69. The van der Waals surface area contributed by atoms with Gasteiger partial charge in [0.1, 0.15) is 11.0 Å². The standard InChI is InChI=1S/2C45H28N2OS/c1-3-10-29(11-4-1)30-20-24-34(25-21-30)47(39-15-9-17-41-43(39)36-14-7-8-16-40(36)49-41)35-26-22-31-18-19-32-23-27-38-44(42(32)37(31)28-35)48-45(46-38)33-12-5-2-6-13-33;1-3-9-29(10-4-1)30-17-21-34(22-18-30)47(36-24-26-42-39(28-36)37-13-7-8-14-41(37)49-42)35-23-19-31-15-16-32-20-25-40-44(43(32)38(31)27-35)48-45(46-40)33-11-5-2-6-12-33/h2*1-28H. The molecule has 0 N–H and O–H groups in total. The van der Waals surface area contributed by atoms with Gasteiger partial charge in [-0.3, -0.25) is 0 Å². The molecule has 0 aliphatic rings. The number of aromatic nitrogens is 2. The van der Waals surface area contributed by atoms with Crippen LogP contribution in [-0.4, -0.2) is 9.97 Å². The van der Waals surface area contributed by atoms with Crippen LogP contribution < -0.4 is 9.80 Å². The fourth-order valence-corrected chi connectivity index (χ4v) is 16.5. The van der Waals surface area contributed by atoms with Gasteiger partial charge in [0.15, 0.2) is 11.2 Å². The minimum Gasteiger partial charge on any atom is -0.435 e. The fraction of sp³-hybridized carbons (Fsp3) is 0. The minimum absolute atomic E-state index is 0.632. The maximum atomic E-state index is 6.57. The molecule has 4 aromatic heterocycles. The number of benzene rings is 16. The number of hydrogen-bond donors (Lipinski definition) is 0. The van der Waals surface area contributed by atoms with E-state index in [1.807, 2.05) is 83.3 Å². The van der Waals surface area contributed by atoms with Crippen LogP contribution in [0.3, 0.4) is 0 Å². The van der Waals surface area contributed by atoms with Crippen molar-refractivity contribution in [3.8, 4) is 45.2 Å². The van der Waals surface area contributed by atoms with Crippen molar-refractivity contribution in [3.05, 3.63) is 340 Å². The lowest BCUT2D eigenvalue weighted by Gasteiger charge is -2.27. The number of oxazole rings is 2. The topological polar surface area (TPSA) is 58.5 Å². The highest BCUT2D eigenvalue weighted by Gasteiger charge is 2.23. The lowest BCUT2D eigenvalue weighted by Crippen LogP contribution is -2.10. The largest absolute Gasteiger partial charge is 0.435 e. The van der Waals surface area contributed by atoms with Crippen LogP contribution in [0.25, 0.3) is 151 Å². The van der Waals surface area contributed by atoms with Crippen LogP contribution in [0, 0.1) is 0 Å². The molecule has 0 aliphatic heterocycles. The predicted octanol–water partition coefficient (Wildman–Crippen LogP) is 26.6. The van der Waals surface area contributed by atoms with Crippen LogP contribution in [0.1, 0.15) is 0 Å². The molecule has 16 aromatic carbocycles. The van der Waals surface area contributed by atoms with Gasteiger partial charge in [-0.05, 0) is 182 Å². The van der Waals surface area contributed by atoms with E-state index in [0.29, 0.717) is 11.8 Å². The zero-order valence-electron chi connectivity index (χ0n) is 52.8. The van der Waals surface area contributed by atoms with Crippen molar-refractivity contribution >= 4 is 162 Å². The van der Waals surface area contributed by atoms with Gasteiger partial charge in [0.05, 0.1) is 5.69 Å². The predicted molar refractivity (Wildman–Crippen MR) is 415 cm³/mol. The monoisotopic (exact) mass is 1290 g/mol. The number of hydrogen-bond acceptors (Lipinski definition) is 8. The zero-order chi connectivity index (χ0) is 64.6. The molecule has 98 heavy (non-hydrogen) atoms. The average Bonchev–Trinajstić information content (AvgIpc) is 1.37. The lowest BCUT2D eigenvalue weighted by molar-refractivity contribution is 0.623. The Bertz CT molecular complexity index is 6420. The van der Waals surface area contributed by atoms with E-state index in [-0.39, 0.29) is 0 Å². The summed E-state index contributed by atoms with van der Waals surface area (Å²) in [7, 11) is 0. The summed E-state index contributed by atoms with van der Waals surface area (Å²) in [5.41, 5.74) is 16.6. The van der Waals surface area contributed by atoms with Gasteiger partial charge < -0.3 is 18.6 Å². The van der Waals surface area contributed by atoms with Gasteiger partial charge in [0, 0.05) is 90.7 Å². The quantitative estimate of drug-likeness (QED) is 0.127. The Hall–Kier alpha value is -12.5. The van der Waals surface area contributed by atoms with Gasteiger partial charge in [-0.15, -0.1) is 22.7 Å². The van der Waals surface area contributed by atoms with Gasteiger partial charge in [-0.1, -0.05) is 212 Å². The molecular weight excluding hydrogens is 1230 g/mol. The summed E-state index contributed by atoms with van der Waals surface area (Å²) in [4.78, 5) is 14.6. The Morgan fingerprint density at radius 1 is 0.235 bits per heavy atom. The van der Waals surface area contributed by atoms with Crippen molar-refractivity contribution in [1.82, 2.24) is 9.97 Å². The van der Waals surface area contributed by atoms with E-state index >= 15 is 0 Å². The minimum atomic E-state index is 0.632. The highest BCUT2D eigenvalue weighted by molar-refractivity contribution is 7.26. The first-order chi connectivity index (χ1) is 48.5. The Kier molecular flexibility index (Phi) is 13.8. The second-order valence-electron chi connectivity index (χ2n) is 24.8. The molecule has 0 radical (unpaired) electrons. The number of rotatable bonds is 10. The van der Waals surface area contributed by atoms with Crippen LogP contribution in [0.5, 0.6) is 0 Å². The number of anilines is 6. The van der Waals surface area contributed by atoms with Crippen LogP contribution >= 0.6 is 22.7 Å². The van der Waals surface area contributed by atoms with Crippen molar-refractivity contribution in [3.63, 3.8) is 0 Å². The Morgan fingerprint density at radius 3 is 1.14 bits per heavy atom. The highest BCUT2D eigenvalue weighted by Crippen LogP contribution is 2.48. The fourth-order valence-electron chi connectivity index (χ4n) is 14.2. The summed E-state index contributed by atoms with van der Waals surface area (Å²) in [6.45, 7) is 0. The maximum absolute atomic E-state index is 6.57. The lowest BCUT2D eigenvalue weighted by atomic mass is 9.99. The molecule has 0 saturated heterocycles. The molecule has 4 heterocycles. The van der Waals surface area contributed by atoms with Crippen LogP contribution in [0.2, 0.25) is 0 Å². The molecule has 8 heteroatoms. The third-order valence-corrected chi connectivity index (χ3v) is 21.2. The normalized spacial score (nSPS) is 11.7. The SMILES string of the molecule is c1ccc(-c2ccc(N(c3ccc4ccc5ccc6nc(-c7ccccc7)oc6c5c4c3)c3cccc4sc5ccccc5c34)cc2)cc1.c1ccc(-c2ccc(N(c3ccc4sc5ccccc5c4c3)c3ccc4ccc5ccc6nc(-c7ccccc7)oc6c5c4c3)cc2)cc1. The summed E-state index contributed by atoms with van der Waals surface area (Å²) in [6, 6.07) is 121. The Morgan fingerprint density at radius 2 is 0.602 bits per heavy atom. The van der Waals surface area contributed by atoms with E-state index in [9.17, 15) is 0 Å². The molecule has 0 spiro atoms. The van der Waals surface area contributed by atoms with Crippen molar-refractivity contribution in [2.24, 2.45) is 0 Å². The zero-order valence-corrected chi connectivity index (χ0v) is 54.4. The molecule has 0 atom stereocenters. The maximum Gasteiger partial charge on any atom is 0.227 e. The summed E-state index contributed by atoms with van der Waals surface area (Å²) in [6.07, 6.45) is 0. The van der Waals surface area contributed by atoms with Gasteiger partial charge >= 0.3 is 0 Å². The molecule has 0 fully saturated rings. The number of nitrogens with zero attached hydrogens (tertiary/aromatic N) is 4. The van der Waals surface area contributed by atoms with Gasteiger partial charge in [0.25, 0.3) is 0 Å². The van der Waals surface area contributed by atoms with E-state index in [2.05, 4.69) is 289 Å². The molecular formula is C90H56N4O2S2. The van der Waals surface area contributed by atoms with Crippen LogP contribution in [0.4, 0.5) is 34.1 Å². The van der Waals surface area contributed by atoms with E-state index in [1.165, 1.54) is 62.6 Å². The molecule has 460 valence electrons. The molecule has 0 saturated carbocycles. The summed E-state index contributed by atoms with van der Waals surface area (Å²) in [5, 5.41) is 14.0. The molecule has 0 amide bonds. The first-order valence-electron chi connectivity index (χ1n) is 32.9. The van der Waals surface area contributed by atoms with E-state index in [0.717, 1.165) is 111 Å².